The first kappa shape index (κ1) is 16.0. The second-order valence-corrected chi connectivity index (χ2v) is 5.52. The van der Waals surface area contributed by atoms with E-state index in [1.54, 1.807) is 20.8 Å². The predicted molar refractivity (Wildman–Crippen MR) is 55.7 cm³/mol. The molecule has 0 saturated heterocycles. The van der Waals surface area contributed by atoms with Crippen molar-refractivity contribution in [1.82, 2.24) is 0 Å². The number of alkyl halides is 5. The summed E-state index contributed by atoms with van der Waals surface area (Å²) in [7, 11) is 0. The molecule has 0 aromatic heterocycles. The molecule has 1 nitrogen and oxygen atoms in total. The monoisotopic (exact) mass is 265 g/mol. The van der Waals surface area contributed by atoms with Crippen LogP contribution < -0.4 is 5.73 Å². The van der Waals surface area contributed by atoms with Crippen LogP contribution in [0.5, 0.6) is 0 Å². The summed E-state index contributed by atoms with van der Waals surface area (Å²) in [5.74, 6) is -4.72. The highest BCUT2D eigenvalue weighted by Gasteiger charge is 2.62. The molecule has 7 heteroatoms. The smallest absolute Gasteiger partial charge is 0.329 e. The largest absolute Gasteiger partial charge is 0.454 e. The van der Waals surface area contributed by atoms with Crippen LogP contribution in [0.25, 0.3) is 0 Å². The maximum atomic E-state index is 13.0. The predicted octanol–water partition coefficient (Wildman–Crippen LogP) is 3.29. The summed E-state index contributed by atoms with van der Waals surface area (Å²) in [5.41, 5.74) is 5.00. The maximum absolute atomic E-state index is 13.0. The third-order valence-electron chi connectivity index (χ3n) is 2.31. The number of hydrogen-bond acceptors (Lipinski definition) is 2. The van der Waals surface area contributed by atoms with Crippen LogP contribution in [0.15, 0.2) is 0 Å². The first-order valence-electron chi connectivity index (χ1n) is 4.84. The standard InChI is InChI=1S/C9H16F5NS/c1-5(2)6(3)16-7(4-15)8(10,11)9(12,13)14/h5-7H,4,15H2,1-3H3. The normalized spacial score (nSPS) is 17.6. The molecule has 2 unspecified atom stereocenters. The molecule has 0 spiro atoms. The summed E-state index contributed by atoms with van der Waals surface area (Å²) in [4.78, 5) is 0. The van der Waals surface area contributed by atoms with Crippen molar-refractivity contribution in [2.24, 2.45) is 11.7 Å². The SMILES string of the molecule is CC(C)C(C)SC(CN)C(F)(F)C(F)(F)F. The van der Waals surface area contributed by atoms with Crippen LogP contribution in [0, 0.1) is 5.92 Å². The van der Waals surface area contributed by atoms with Crippen LogP contribution in [0.4, 0.5) is 22.0 Å². The minimum Gasteiger partial charge on any atom is -0.329 e. The molecule has 0 aromatic carbocycles. The van der Waals surface area contributed by atoms with E-state index in [0.29, 0.717) is 11.8 Å². The van der Waals surface area contributed by atoms with Gasteiger partial charge in [0.05, 0.1) is 5.25 Å². The maximum Gasteiger partial charge on any atom is 0.454 e. The van der Waals surface area contributed by atoms with Crippen LogP contribution in [0.1, 0.15) is 20.8 Å². The molecule has 0 aliphatic rings. The molecule has 0 aromatic rings. The summed E-state index contributed by atoms with van der Waals surface area (Å²) in [6.07, 6.45) is -5.54. The molecule has 0 radical (unpaired) electrons. The van der Waals surface area contributed by atoms with Crippen molar-refractivity contribution < 1.29 is 22.0 Å². The third kappa shape index (κ3) is 3.76. The van der Waals surface area contributed by atoms with Crippen molar-refractivity contribution in [1.29, 1.82) is 0 Å². The Morgan fingerprint density at radius 2 is 1.50 bits per heavy atom. The minimum absolute atomic E-state index is 0.0167. The van der Waals surface area contributed by atoms with Gasteiger partial charge < -0.3 is 5.73 Å². The Kier molecular flexibility index (Phi) is 5.52. The van der Waals surface area contributed by atoms with Gasteiger partial charge in [0, 0.05) is 11.8 Å². The lowest BCUT2D eigenvalue weighted by atomic mass is 10.1. The average molecular weight is 265 g/mol. The van der Waals surface area contributed by atoms with E-state index in [9.17, 15) is 22.0 Å². The van der Waals surface area contributed by atoms with E-state index in [1.165, 1.54) is 0 Å². The fourth-order valence-corrected chi connectivity index (χ4v) is 2.14. The van der Waals surface area contributed by atoms with E-state index in [0.717, 1.165) is 0 Å². The quantitative estimate of drug-likeness (QED) is 0.772. The minimum atomic E-state index is -5.54. The first-order chi connectivity index (χ1) is 7.04. The summed E-state index contributed by atoms with van der Waals surface area (Å²) in [6.45, 7) is 4.44. The number of hydrogen-bond donors (Lipinski definition) is 1. The van der Waals surface area contributed by atoms with Crippen molar-refractivity contribution in [2.45, 2.75) is 43.4 Å². The van der Waals surface area contributed by atoms with Crippen molar-refractivity contribution in [3.8, 4) is 0 Å². The molecule has 0 amide bonds. The van der Waals surface area contributed by atoms with E-state index < -0.39 is 23.9 Å². The highest BCUT2D eigenvalue weighted by atomic mass is 32.2. The van der Waals surface area contributed by atoms with Gasteiger partial charge in [-0.1, -0.05) is 20.8 Å². The Morgan fingerprint density at radius 1 is 1.06 bits per heavy atom. The van der Waals surface area contributed by atoms with Gasteiger partial charge in [-0.25, -0.2) is 0 Å². The molecule has 0 bridgehead atoms. The molecular weight excluding hydrogens is 249 g/mol. The van der Waals surface area contributed by atoms with Gasteiger partial charge in [-0.05, 0) is 5.92 Å². The lowest BCUT2D eigenvalue weighted by Gasteiger charge is -2.30. The zero-order valence-electron chi connectivity index (χ0n) is 9.31. The lowest BCUT2D eigenvalue weighted by Crippen LogP contribution is -2.49. The van der Waals surface area contributed by atoms with E-state index in [1.807, 2.05) is 0 Å². The molecule has 0 saturated carbocycles. The summed E-state index contributed by atoms with van der Waals surface area (Å²) < 4.78 is 62.3. The Labute approximate surface area is 95.9 Å². The van der Waals surface area contributed by atoms with Gasteiger partial charge in [0.25, 0.3) is 0 Å². The molecule has 98 valence electrons. The number of nitrogens with two attached hydrogens (primary N) is 1. The molecule has 2 atom stereocenters. The van der Waals surface area contributed by atoms with Gasteiger partial charge in [0.2, 0.25) is 0 Å². The summed E-state index contributed by atoms with van der Waals surface area (Å²) in [5, 5.41) is -2.23. The van der Waals surface area contributed by atoms with Crippen molar-refractivity contribution in [3.05, 3.63) is 0 Å². The Bertz CT molecular complexity index is 216. The van der Waals surface area contributed by atoms with Crippen LogP contribution in [0.3, 0.4) is 0 Å². The van der Waals surface area contributed by atoms with E-state index in [4.69, 9.17) is 5.73 Å². The van der Waals surface area contributed by atoms with Gasteiger partial charge >= 0.3 is 12.1 Å². The Morgan fingerprint density at radius 3 is 1.75 bits per heavy atom. The Hall–Kier alpha value is -0.0400. The van der Waals surface area contributed by atoms with E-state index in [2.05, 4.69) is 0 Å². The second-order valence-electron chi connectivity index (χ2n) is 3.93. The molecule has 0 heterocycles. The molecule has 16 heavy (non-hydrogen) atoms. The van der Waals surface area contributed by atoms with Gasteiger partial charge in [-0.15, -0.1) is 11.8 Å². The zero-order chi connectivity index (χ0) is 13.1. The molecule has 0 aliphatic carbocycles. The second kappa shape index (κ2) is 5.53. The zero-order valence-corrected chi connectivity index (χ0v) is 10.1. The molecule has 0 aliphatic heterocycles. The number of halogens is 5. The first-order valence-corrected chi connectivity index (χ1v) is 5.78. The lowest BCUT2D eigenvalue weighted by molar-refractivity contribution is -0.280. The molecule has 0 fully saturated rings. The molecule has 0 rings (SSSR count). The summed E-state index contributed by atoms with van der Waals surface area (Å²) >= 11 is 0.592. The van der Waals surface area contributed by atoms with Gasteiger partial charge in [0.1, 0.15) is 0 Å². The topological polar surface area (TPSA) is 26.0 Å². The summed E-state index contributed by atoms with van der Waals surface area (Å²) in [6, 6.07) is 0. The van der Waals surface area contributed by atoms with Crippen LogP contribution in [-0.2, 0) is 0 Å². The van der Waals surface area contributed by atoms with E-state index in [-0.39, 0.29) is 11.2 Å². The fraction of sp³-hybridized carbons (Fsp3) is 1.00. The average Bonchev–Trinajstić information content (AvgIpc) is 2.11. The van der Waals surface area contributed by atoms with Crippen LogP contribution >= 0.6 is 11.8 Å². The number of rotatable bonds is 5. The van der Waals surface area contributed by atoms with Gasteiger partial charge in [0.15, 0.2) is 0 Å². The molecular formula is C9H16F5NS. The van der Waals surface area contributed by atoms with Crippen LogP contribution in [0.2, 0.25) is 0 Å². The van der Waals surface area contributed by atoms with Crippen molar-refractivity contribution in [2.75, 3.05) is 6.54 Å². The Balaban J connectivity index is 4.74. The van der Waals surface area contributed by atoms with Crippen molar-refractivity contribution >= 4 is 11.8 Å². The van der Waals surface area contributed by atoms with E-state index >= 15 is 0 Å². The highest BCUT2D eigenvalue weighted by Crippen LogP contribution is 2.44. The van der Waals surface area contributed by atoms with Crippen LogP contribution in [-0.4, -0.2) is 29.1 Å². The number of thioether (sulfide) groups is 1. The van der Waals surface area contributed by atoms with Crippen molar-refractivity contribution in [3.63, 3.8) is 0 Å². The fourth-order valence-electron chi connectivity index (χ4n) is 0.888. The highest BCUT2D eigenvalue weighted by molar-refractivity contribution is 8.00. The van der Waals surface area contributed by atoms with Gasteiger partial charge in [-0.2, -0.15) is 22.0 Å². The molecule has 2 N–H and O–H groups in total. The third-order valence-corrected chi connectivity index (χ3v) is 4.10. The van der Waals surface area contributed by atoms with Gasteiger partial charge in [-0.3, -0.25) is 0 Å².